The number of ether oxygens (including phenoxy) is 3. The Morgan fingerprint density at radius 2 is 1.67 bits per heavy atom. The number of rotatable bonds is 8. The van der Waals surface area contributed by atoms with Gasteiger partial charge in [0, 0.05) is 30.6 Å². The second-order valence-corrected chi connectivity index (χ2v) is 7.06. The molecule has 0 aliphatic heterocycles. The fourth-order valence-corrected chi connectivity index (χ4v) is 3.36. The number of thiazole rings is 1. The van der Waals surface area contributed by atoms with Crippen LogP contribution in [0.2, 0.25) is 0 Å². The van der Waals surface area contributed by atoms with E-state index in [1.807, 2.05) is 12.1 Å². The molecule has 2 N–H and O–H groups in total. The predicted molar refractivity (Wildman–Crippen MR) is 109 cm³/mol. The van der Waals surface area contributed by atoms with Crippen LogP contribution in [0.15, 0.2) is 22.5 Å². The Morgan fingerprint density at radius 3 is 2.22 bits per heavy atom. The van der Waals surface area contributed by atoms with Crippen LogP contribution in [-0.2, 0) is 13.1 Å². The van der Waals surface area contributed by atoms with Crippen molar-refractivity contribution < 1.29 is 14.2 Å². The van der Waals surface area contributed by atoms with Crippen LogP contribution in [0.3, 0.4) is 0 Å². The number of guanidine groups is 1. The summed E-state index contributed by atoms with van der Waals surface area (Å²) >= 11 is 1.65. The smallest absolute Gasteiger partial charge is 0.191 e. The highest BCUT2D eigenvalue weighted by Crippen LogP contribution is 2.34. The Hall–Kier alpha value is -2.48. The number of aromatic nitrogens is 1. The van der Waals surface area contributed by atoms with Crippen LogP contribution in [0.4, 0.5) is 0 Å². The monoisotopic (exact) mass is 392 g/mol. The molecular formula is C19H28N4O3S. The summed E-state index contributed by atoms with van der Waals surface area (Å²) in [5.74, 6) is 3.13. The van der Waals surface area contributed by atoms with Gasteiger partial charge in [0.15, 0.2) is 17.5 Å². The highest BCUT2D eigenvalue weighted by atomic mass is 32.1. The van der Waals surface area contributed by atoms with Crippen molar-refractivity contribution in [2.24, 2.45) is 4.99 Å². The summed E-state index contributed by atoms with van der Waals surface area (Å²) in [6.45, 7) is 5.44. The first-order chi connectivity index (χ1) is 13.0. The molecule has 1 heterocycles. The number of benzene rings is 1. The molecule has 0 bridgehead atoms. The normalized spacial score (nSPS) is 11.4. The van der Waals surface area contributed by atoms with E-state index in [4.69, 9.17) is 14.2 Å². The Bertz CT molecular complexity index is 774. The van der Waals surface area contributed by atoms with Crippen molar-refractivity contribution in [1.82, 2.24) is 15.6 Å². The molecule has 0 fully saturated rings. The first-order valence-corrected chi connectivity index (χ1v) is 9.58. The summed E-state index contributed by atoms with van der Waals surface area (Å²) in [4.78, 5) is 8.89. The molecule has 1 aromatic carbocycles. The van der Waals surface area contributed by atoms with Crippen LogP contribution in [-0.4, -0.2) is 39.3 Å². The summed E-state index contributed by atoms with van der Waals surface area (Å²) in [6.07, 6.45) is 0. The van der Waals surface area contributed by atoms with E-state index in [0.29, 0.717) is 36.5 Å². The molecule has 0 aliphatic rings. The molecule has 1 aromatic heterocycles. The van der Waals surface area contributed by atoms with Crippen molar-refractivity contribution in [2.45, 2.75) is 32.9 Å². The Balaban J connectivity index is 2.00. The summed E-state index contributed by atoms with van der Waals surface area (Å²) in [7, 11) is 6.58. The van der Waals surface area contributed by atoms with Gasteiger partial charge in [-0.25, -0.2) is 4.98 Å². The van der Waals surface area contributed by atoms with E-state index >= 15 is 0 Å². The predicted octanol–water partition coefficient (Wildman–Crippen LogP) is 3.16. The van der Waals surface area contributed by atoms with E-state index < -0.39 is 0 Å². The molecule has 0 aliphatic carbocycles. The molecule has 7 nitrogen and oxygen atoms in total. The molecule has 0 amide bonds. The van der Waals surface area contributed by atoms with Gasteiger partial charge in [0.2, 0.25) is 0 Å². The quantitative estimate of drug-likeness (QED) is 0.531. The number of aliphatic imine (C=N–C) groups is 1. The van der Waals surface area contributed by atoms with Gasteiger partial charge in [-0.3, -0.25) is 4.99 Å². The van der Waals surface area contributed by atoms with Crippen molar-refractivity contribution in [2.75, 3.05) is 28.4 Å². The number of methoxy groups -OCH3 is 3. The van der Waals surface area contributed by atoms with Crippen molar-refractivity contribution >= 4 is 17.3 Å². The lowest BCUT2D eigenvalue weighted by molar-refractivity contribution is 0.347. The van der Waals surface area contributed by atoms with Crippen LogP contribution in [0.1, 0.15) is 36.0 Å². The minimum absolute atomic E-state index is 0.435. The SMILES string of the molecule is CN=C(NCc1nc(C(C)C)cs1)NCc1cc(OC)c(OC)cc1OC. The van der Waals surface area contributed by atoms with Gasteiger partial charge in [0.1, 0.15) is 10.8 Å². The zero-order chi connectivity index (χ0) is 19.8. The molecule has 27 heavy (non-hydrogen) atoms. The first kappa shape index (κ1) is 20.8. The van der Waals surface area contributed by atoms with E-state index in [1.165, 1.54) is 0 Å². The lowest BCUT2D eigenvalue weighted by Gasteiger charge is -2.16. The molecule has 0 radical (unpaired) electrons. The fourth-order valence-electron chi connectivity index (χ4n) is 2.46. The number of hydrogen-bond acceptors (Lipinski definition) is 6. The lowest BCUT2D eigenvalue weighted by atomic mass is 10.1. The van der Waals surface area contributed by atoms with E-state index in [2.05, 4.69) is 39.8 Å². The third kappa shape index (κ3) is 5.50. The van der Waals surface area contributed by atoms with Crippen LogP contribution in [0, 0.1) is 0 Å². The average molecular weight is 393 g/mol. The van der Waals surface area contributed by atoms with E-state index in [9.17, 15) is 0 Å². The highest BCUT2D eigenvalue weighted by Gasteiger charge is 2.12. The molecule has 0 saturated carbocycles. The summed E-state index contributed by atoms with van der Waals surface area (Å²) < 4.78 is 16.2. The van der Waals surface area contributed by atoms with Crippen LogP contribution in [0.5, 0.6) is 17.2 Å². The molecule has 8 heteroatoms. The molecule has 148 valence electrons. The second-order valence-electron chi connectivity index (χ2n) is 6.12. The second kappa shape index (κ2) is 10.0. The zero-order valence-electron chi connectivity index (χ0n) is 16.8. The fraction of sp³-hybridized carbons (Fsp3) is 0.474. The summed E-state index contributed by atoms with van der Waals surface area (Å²) in [5, 5.41) is 9.71. The topological polar surface area (TPSA) is 77.0 Å². The van der Waals surface area contributed by atoms with E-state index in [-0.39, 0.29) is 0 Å². The highest BCUT2D eigenvalue weighted by molar-refractivity contribution is 7.09. The van der Waals surface area contributed by atoms with Crippen LogP contribution >= 0.6 is 11.3 Å². The molecule has 0 spiro atoms. The maximum absolute atomic E-state index is 5.46. The van der Waals surface area contributed by atoms with Crippen molar-refractivity contribution in [3.05, 3.63) is 33.8 Å². The molecular weight excluding hydrogens is 364 g/mol. The van der Waals surface area contributed by atoms with Gasteiger partial charge in [0.05, 0.1) is 33.6 Å². The Morgan fingerprint density at radius 1 is 1.04 bits per heavy atom. The van der Waals surface area contributed by atoms with Gasteiger partial charge in [0.25, 0.3) is 0 Å². The Kier molecular flexibility index (Phi) is 7.72. The molecule has 2 rings (SSSR count). The van der Waals surface area contributed by atoms with E-state index in [1.54, 1.807) is 39.7 Å². The number of hydrogen-bond donors (Lipinski definition) is 2. The number of nitrogens with zero attached hydrogens (tertiary/aromatic N) is 2. The summed E-state index contributed by atoms with van der Waals surface area (Å²) in [6, 6.07) is 3.71. The van der Waals surface area contributed by atoms with E-state index in [0.717, 1.165) is 22.0 Å². The maximum atomic E-state index is 5.46. The van der Waals surface area contributed by atoms with Crippen molar-refractivity contribution in [1.29, 1.82) is 0 Å². The van der Waals surface area contributed by atoms with Crippen molar-refractivity contribution in [3.8, 4) is 17.2 Å². The van der Waals surface area contributed by atoms with Gasteiger partial charge in [-0.05, 0) is 12.0 Å². The van der Waals surface area contributed by atoms with Gasteiger partial charge >= 0.3 is 0 Å². The first-order valence-electron chi connectivity index (χ1n) is 8.70. The molecule has 0 unspecified atom stereocenters. The van der Waals surface area contributed by atoms with Crippen LogP contribution < -0.4 is 24.8 Å². The minimum Gasteiger partial charge on any atom is -0.496 e. The minimum atomic E-state index is 0.435. The third-order valence-electron chi connectivity index (χ3n) is 4.02. The third-order valence-corrected chi connectivity index (χ3v) is 4.89. The van der Waals surface area contributed by atoms with Gasteiger partial charge in [-0.15, -0.1) is 11.3 Å². The maximum Gasteiger partial charge on any atom is 0.191 e. The van der Waals surface area contributed by atoms with Gasteiger partial charge in [-0.2, -0.15) is 0 Å². The zero-order valence-corrected chi connectivity index (χ0v) is 17.6. The largest absolute Gasteiger partial charge is 0.496 e. The van der Waals surface area contributed by atoms with Gasteiger partial charge < -0.3 is 24.8 Å². The Labute approximate surface area is 164 Å². The molecule has 0 atom stereocenters. The van der Waals surface area contributed by atoms with Crippen LogP contribution in [0.25, 0.3) is 0 Å². The lowest BCUT2D eigenvalue weighted by Crippen LogP contribution is -2.36. The van der Waals surface area contributed by atoms with Gasteiger partial charge in [-0.1, -0.05) is 13.8 Å². The average Bonchev–Trinajstić information content (AvgIpc) is 3.16. The molecule has 2 aromatic rings. The molecule has 0 saturated heterocycles. The number of nitrogens with one attached hydrogen (secondary N) is 2. The van der Waals surface area contributed by atoms with Crippen molar-refractivity contribution in [3.63, 3.8) is 0 Å². The summed E-state index contributed by atoms with van der Waals surface area (Å²) in [5.41, 5.74) is 2.06. The standard InChI is InChI=1S/C19H28N4O3S/c1-12(2)14-11-27-18(23-14)10-22-19(20-3)21-9-13-7-16(25-5)17(26-6)8-15(13)24-4/h7-8,11-12H,9-10H2,1-6H3,(H2,20,21,22).